The molecule has 0 aromatic carbocycles. The minimum atomic E-state index is 0.326. The average Bonchev–Trinajstić information content (AvgIpc) is 2.74. The van der Waals surface area contributed by atoms with Gasteiger partial charge in [0.15, 0.2) is 0 Å². The molecule has 0 spiro atoms. The van der Waals surface area contributed by atoms with Crippen LogP contribution in [0.5, 0.6) is 0 Å². The number of carbonyl (C=O) groups excluding carboxylic acids is 1. The first-order valence-electron chi connectivity index (χ1n) is 7.79. The molecule has 3 nitrogen and oxygen atoms in total. The van der Waals surface area contributed by atoms with Crippen LogP contribution in [0.1, 0.15) is 38.5 Å². The second-order valence-electron chi connectivity index (χ2n) is 5.70. The number of hydrogen-bond acceptors (Lipinski definition) is 4. The van der Waals surface area contributed by atoms with E-state index in [1.165, 1.54) is 38.5 Å². The fourth-order valence-corrected chi connectivity index (χ4v) is 4.56. The molecule has 0 unspecified atom stereocenters. The van der Waals surface area contributed by atoms with E-state index >= 15 is 0 Å². The molecule has 2 heterocycles. The molecular formula is C15H27NO2S2. The van der Waals surface area contributed by atoms with Crippen molar-refractivity contribution in [3.8, 4) is 0 Å². The van der Waals surface area contributed by atoms with Crippen molar-refractivity contribution in [2.75, 3.05) is 37.5 Å². The Hall–Kier alpha value is 0.130. The van der Waals surface area contributed by atoms with Crippen LogP contribution in [0, 0.1) is 0 Å². The Balaban J connectivity index is 1.67. The topological polar surface area (TPSA) is 29.5 Å². The van der Waals surface area contributed by atoms with Gasteiger partial charge in [-0.1, -0.05) is 6.42 Å². The van der Waals surface area contributed by atoms with Crippen LogP contribution in [0.15, 0.2) is 0 Å². The maximum atomic E-state index is 12.3. The summed E-state index contributed by atoms with van der Waals surface area (Å²) in [7, 11) is 0. The van der Waals surface area contributed by atoms with Gasteiger partial charge in [-0.15, -0.1) is 11.8 Å². The molecule has 5 heteroatoms. The van der Waals surface area contributed by atoms with Crippen molar-refractivity contribution in [3.63, 3.8) is 0 Å². The zero-order valence-electron chi connectivity index (χ0n) is 12.5. The van der Waals surface area contributed by atoms with Gasteiger partial charge >= 0.3 is 0 Å². The number of rotatable bonds is 5. The molecule has 2 fully saturated rings. The number of likely N-dealkylation sites (tertiary alicyclic amines) is 1. The molecule has 2 aliphatic heterocycles. The predicted molar refractivity (Wildman–Crippen MR) is 88.7 cm³/mol. The fourth-order valence-electron chi connectivity index (χ4n) is 2.83. The Kier molecular flexibility index (Phi) is 7.60. The maximum Gasteiger partial charge on any atom is 0.232 e. The van der Waals surface area contributed by atoms with Gasteiger partial charge in [0.1, 0.15) is 0 Å². The number of hydrogen-bond donors (Lipinski definition) is 0. The van der Waals surface area contributed by atoms with Crippen molar-refractivity contribution in [1.82, 2.24) is 4.90 Å². The van der Waals surface area contributed by atoms with Gasteiger partial charge in [0.2, 0.25) is 5.91 Å². The van der Waals surface area contributed by atoms with Gasteiger partial charge in [-0.05, 0) is 38.4 Å². The Morgan fingerprint density at radius 3 is 2.85 bits per heavy atom. The standard InChI is InChI=1S/C15H27NO2S2/c1-19-14-7-2-4-8-16(10-14)15(17)12-20-11-13-6-3-5-9-18-13/h13-14H,2-12H2,1H3/t13-,14+/m0/s1. The molecule has 20 heavy (non-hydrogen) atoms. The van der Waals surface area contributed by atoms with E-state index in [1.54, 1.807) is 11.8 Å². The SMILES string of the molecule is CS[C@@H]1CCCCN(C(=O)CSC[C@@H]2CCCCO2)C1. The summed E-state index contributed by atoms with van der Waals surface area (Å²) >= 11 is 3.66. The molecule has 0 saturated carbocycles. The van der Waals surface area contributed by atoms with Crippen molar-refractivity contribution in [2.45, 2.75) is 49.9 Å². The van der Waals surface area contributed by atoms with Crippen molar-refractivity contribution < 1.29 is 9.53 Å². The van der Waals surface area contributed by atoms with Crippen LogP contribution in [0.2, 0.25) is 0 Å². The average molecular weight is 318 g/mol. The molecule has 0 aromatic heterocycles. The quantitative estimate of drug-likeness (QED) is 0.779. The lowest BCUT2D eigenvalue weighted by atomic mass is 10.1. The Morgan fingerprint density at radius 2 is 2.10 bits per heavy atom. The minimum Gasteiger partial charge on any atom is -0.377 e. The number of amides is 1. The minimum absolute atomic E-state index is 0.326. The number of carbonyl (C=O) groups is 1. The van der Waals surface area contributed by atoms with Crippen LogP contribution < -0.4 is 0 Å². The van der Waals surface area contributed by atoms with Gasteiger partial charge in [0.25, 0.3) is 0 Å². The Labute approximate surface area is 131 Å². The van der Waals surface area contributed by atoms with Gasteiger partial charge in [-0.3, -0.25) is 4.79 Å². The van der Waals surface area contributed by atoms with E-state index in [0.29, 0.717) is 23.0 Å². The fraction of sp³-hybridized carbons (Fsp3) is 0.933. The zero-order valence-corrected chi connectivity index (χ0v) is 14.1. The molecule has 1 amide bonds. The lowest BCUT2D eigenvalue weighted by Crippen LogP contribution is -2.37. The van der Waals surface area contributed by atoms with Crippen molar-refractivity contribution in [3.05, 3.63) is 0 Å². The van der Waals surface area contributed by atoms with Gasteiger partial charge < -0.3 is 9.64 Å². The molecular weight excluding hydrogens is 290 g/mol. The lowest BCUT2D eigenvalue weighted by molar-refractivity contribution is -0.128. The summed E-state index contributed by atoms with van der Waals surface area (Å²) in [6.45, 7) is 2.80. The van der Waals surface area contributed by atoms with Crippen LogP contribution >= 0.6 is 23.5 Å². The third-order valence-electron chi connectivity index (χ3n) is 4.12. The third kappa shape index (κ3) is 5.49. The smallest absolute Gasteiger partial charge is 0.232 e. The van der Waals surface area contributed by atoms with E-state index in [2.05, 4.69) is 11.2 Å². The van der Waals surface area contributed by atoms with E-state index in [-0.39, 0.29) is 0 Å². The highest BCUT2D eigenvalue weighted by molar-refractivity contribution is 8.00. The molecule has 2 saturated heterocycles. The summed E-state index contributed by atoms with van der Waals surface area (Å²) in [5, 5.41) is 0.633. The molecule has 0 radical (unpaired) electrons. The van der Waals surface area contributed by atoms with Gasteiger partial charge in [0, 0.05) is 30.7 Å². The molecule has 2 rings (SSSR count). The number of thioether (sulfide) groups is 2. The second-order valence-corrected chi connectivity index (χ2v) is 7.87. The van der Waals surface area contributed by atoms with Crippen LogP contribution in [-0.2, 0) is 9.53 Å². The summed E-state index contributed by atoms with van der Waals surface area (Å²) in [5.74, 6) is 1.93. The normalized spacial score (nSPS) is 28.1. The highest BCUT2D eigenvalue weighted by Gasteiger charge is 2.22. The summed E-state index contributed by atoms with van der Waals surface area (Å²) in [4.78, 5) is 14.4. The van der Waals surface area contributed by atoms with Gasteiger partial charge in [-0.25, -0.2) is 0 Å². The highest BCUT2D eigenvalue weighted by atomic mass is 32.2. The summed E-state index contributed by atoms with van der Waals surface area (Å²) in [6.07, 6.45) is 9.87. The van der Waals surface area contributed by atoms with Crippen molar-refractivity contribution in [1.29, 1.82) is 0 Å². The van der Waals surface area contributed by atoms with Gasteiger partial charge in [-0.2, -0.15) is 11.8 Å². The molecule has 0 aliphatic carbocycles. The monoisotopic (exact) mass is 317 g/mol. The maximum absolute atomic E-state index is 12.3. The van der Waals surface area contributed by atoms with Gasteiger partial charge in [0.05, 0.1) is 11.9 Å². The first kappa shape index (κ1) is 16.5. The molecule has 116 valence electrons. The first-order chi connectivity index (χ1) is 9.79. The van der Waals surface area contributed by atoms with Crippen LogP contribution in [-0.4, -0.2) is 59.6 Å². The molecule has 0 bridgehead atoms. The molecule has 0 N–H and O–H groups in total. The predicted octanol–water partition coefficient (Wildman–Crippen LogP) is 3.03. The number of nitrogens with zero attached hydrogens (tertiary/aromatic N) is 1. The second kappa shape index (κ2) is 9.21. The van der Waals surface area contributed by atoms with E-state index in [4.69, 9.17) is 4.74 Å². The van der Waals surface area contributed by atoms with E-state index in [9.17, 15) is 4.79 Å². The molecule has 2 aliphatic rings. The summed E-state index contributed by atoms with van der Waals surface area (Å²) < 4.78 is 5.71. The molecule has 2 atom stereocenters. The van der Waals surface area contributed by atoms with Crippen LogP contribution in [0.4, 0.5) is 0 Å². The third-order valence-corrected chi connectivity index (χ3v) is 6.23. The zero-order chi connectivity index (χ0) is 14.2. The van der Waals surface area contributed by atoms with Crippen LogP contribution in [0.3, 0.4) is 0 Å². The number of ether oxygens (including phenoxy) is 1. The van der Waals surface area contributed by atoms with E-state index < -0.39 is 0 Å². The van der Waals surface area contributed by atoms with Crippen molar-refractivity contribution >= 4 is 29.4 Å². The largest absolute Gasteiger partial charge is 0.377 e. The van der Waals surface area contributed by atoms with E-state index in [0.717, 1.165) is 25.4 Å². The Bertz CT molecular complexity index is 296. The lowest BCUT2D eigenvalue weighted by Gasteiger charge is -2.25. The Morgan fingerprint density at radius 1 is 1.25 bits per heavy atom. The van der Waals surface area contributed by atoms with Crippen molar-refractivity contribution in [2.24, 2.45) is 0 Å². The van der Waals surface area contributed by atoms with Crippen LogP contribution in [0.25, 0.3) is 0 Å². The first-order valence-corrected chi connectivity index (χ1v) is 10.2. The summed E-state index contributed by atoms with van der Waals surface area (Å²) in [5.41, 5.74) is 0. The highest BCUT2D eigenvalue weighted by Crippen LogP contribution is 2.21. The van der Waals surface area contributed by atoms with E-state index in [1.807, 2.05) is 11.8 Å². The summed E-state index contributed by atoms with van der Waals surface area (Å²) in [6, 6.07) is 0. The molecule has 0 aromatic rings.